The first-order chi connectivity index (χ1) is 12.7. The van der Waals surface area contributed by atoms with E-state index in [1.165, 1.54) is 0 Å². The first kappa shape index (κ1) is 17.3. The average Bonchev–Trinajstić information content (AvgIpc) is 3.14. The minimum atomic E-state index is 0.161. The summed E-state index contributed by atoms with van der Waals surface area (Å²) in [5, 5.41) is 0. The predicted octanol–water partition coefficient (Wildman–Crippen LogP) is 3.32. The fraction of sp³-hybridized carbons (Fsp3) is 0.409. The molecule has 1 amide bonds. The highest BCUT2D eigenvalue weighted by molar-refractivity contribution is 6.00. The van der Waals surface area contributed by atoms with Crippen LogP contribution in [0.5, 0.6) is 0 Å². The number of benzene rings is 2. The Kier molecular flexibility index (Phi) is 5.05. The van der Waals surface area contributed by atoms with Gasteiger partial charge in [0.15, 0.2) is 0 Å². The minimum absolute atomic E-state index is 0.161. The van der Waals surface area contributed by atoms with E-state index in [1.54, 1.807) is 0 Å². The maximum Gasteiger partial charge on any atom is 0.254 e. The molecule has 4 rings (SSSR count). The lowest BCUT2D eigenvalue weighted by atomic mass is 9.84. The van der Waals surface area contributed by atoms with Gasteiger partial charge in [0.25, 0.3) is 5.91 Å². The van der Waals surface area contributed by atoms with Crippen molar-refractivity contribution in [2.24, 2.45) is 11.8 Å². The number of piperidine rings is 1. The van der Waals surface area contributed by atoms with Gasteiger partial charge in [0.05, 0.1) is 0 Å². The lowest BCUT2D eigenvalue weighted by molar-refractivity contribution is 0.0666. The van der Waals surface area contributed by atoms with Gasteiger partial charge < -0.3 is 4.90 Å². The van der Waals surface area contributed by atoms with Crippen molar-refractivity contribution in [3.05, 3.63) is 60.2 Å². The molecular weight excluding hydrogens is 322 g/mol. The maximum atomic E-state index is 13.2. The Bertz CT molecular complexity index is 753. The second kappa shape index (κ2) is 7.60. The maximum absolute atomic E-state index is 13.2. The first-order valence-electron chi connectivity index (χ1n) is 9.66. The van der Waals surface area contributed by atoms with Crippen LogP contribution in [0.3, 0.4) is 0 Å². The van der Waals surface area contributed by atoms with Crippen LogP contribution in [0, 0.1) is 11.8 Å². The Labute approximate surface area is 155 Å². The largest absolute Gasteiger partial charge is 0.339 e. The van der Waals surface area contributed by atoms with Crippen molar-refractivity contribution in [3.8, 4) is 11.1 Å². The number of likely N-dealkylation sites (tertiary alicyclic amines) is 1. The number of hydrazine groups is 1. The second-order valence-electron chi connectivity index (χ2n) is 7.57. The fourth-order valence-corrected chi connectivity index (χ4v) is 4.36. The molecule has 2 aromatic rings. The zero-order valence-electron chi connectivity index (χ0n) is 15.3. The standard InChI is InChI=1S/C22H27N3O/c1-16-15-23-24-21(16)18-11-13-25(14-12-18)22(26)20-10-6-5-9-19(20)17-7-3-2-4-8-17/h2-10,16,18,21,23-24H,11-15H2,1H3. The number of carbonyl (C=O) groups is 1. The summed E-state index contributed by atoms with van der Waals surface area (Å²) < 4.78 is 0. The van der Waals surface area contributed by atoms with Crippen molar-refractivity contribution >= 4 is 5.91 Å². The molecule has 0 spiro atoms. The third-order valence-electron chi connectivity index (χ3n) is 5.88. The molecule has 2 aliphatic heterocycles. The number of hydrogen-bond acceptors (Lipinski definition) is 3. The summed E-state index contributed by atoms with van der Waals surface area (Å²) in [5.74, 6) is 1.46. The van der Waals surface area contributed by atoms with Crippen LogP contribution in [-0.4, -0.2) is 36.5 Å². The zero-order chi connectivity index (χ0) is 17.9. The molecule has 2 aliphatic rings. The van der Waals surface area contributed by atoms with E-state index in [2.05, 4.69) is 29.9 Å². The van der Waals surface area contributed by atoms with Crippen molar-refractivity contribution in [2.45, 2.75) is 25.8 Å². The molecule has 0 aliphatic carbocycles. The van der Waals surface area contributed by atoms with Crippen LogP contribution in [-0.2, 0) is 0 Å². The molecule has 0 aromatic heterocycles. The minimum Gasteiger partial charge on any atom is -0.339 e. The third-order valence-corrected chi connectivity index (χ3v) is 5.88. The van der Waals surface area contributed by atoms with Crippen molar-refractivity contribution in [2.75, 3.05) is 19.6 Å². The molecule has 2 N–H and O–H groups in total. The molecule has 0 bridgehead atoms. The lowest BCUT2D eigenvalue weighted by Gasteiger charge is -2.36. The van der Waals surface area contributed by atoms with Crippen LogP contribution in [0.1, 0.15) is 30.1 Å². The van der Waals surface area contributed by atoms with Gasteiger partial charge in [0.2, 0.25) is 0 Å². The summed E-state index contributed by atoms with van der Waals surface area (Å²) in [6.07, 6.45) is 2.14. The Balaban J connectivity index is 1.48. The molecule has 2 saturated heterocycles. The molecule has 2 unspecified atom stereocenters. The highest BCUT2D eigenvalue weighted by atomic mass is 16.2. The van der Waals surface area contributed by atoms with E-state index in [1.807, 2.05) is 47.4 Å². The Hall–Kier alpha value is -2.17. The zero-order valence-corrected chi connectivity index (χ0v) is 15.3. The van der Waals surface area contributed by atoms with Crippen LogP contribution < -0.4 is 10.9 Å². The van der Waals surface area contributed by atoms with Gasteiger partial charge >= 0.3 is 0 Å². The molecule has 136 valence electrons. The normalized spacial score (nSPS) is 24.0. The van der Waals surface area contributed by atoms with Gasteiger partial charge in [-0.1, -0.05) is 55.5 Å². The molecule has 2 heterocycles. The summed E-state index contributed by atoms with van der Waals surface area (Å²) in [7, 11) is 0. The van der Waals surface area contributed by atoms with Gasteiger partial charge in [-0.2, -0.15) is 0 Å². The van der Waals surface area contributed by atoms with Crippen LogP contribution >= 0.6 is 0 Å². The third kappa shape index (κ3) is 3.39. The monoisotopic (exact) mass is 349 g/mol. The first-order valence-corrected chi connectivity index (χ1v) is 9.66. The van der Waals surface area contributed by atoms with Crippen molar-refractivity contribution < 1.29 is 4.79 Å². The summed E-state index contributed by atoms with van der Waals surface area (Å²) >= 11 is 0. The predicted molar refractivity (Wildman–Crippen MR) is 105 cm³/mol. The Morgan fingerprint density at radius 2 is 1.69 bits per heavy atom. The van der Waals surface area contributed by atoms with E-state index >= 15 is 0 Å². The molecule has 2 fully saturated rings. The van der Waals surface area contributed by atoms with E-state index in [4.69, 9.17) is 0 Å². The number of hydrogen-bond donors (Lipinski definition) is 2. The quantitative estimate of drug-likeness (QED) is 0.893. The Morgan fingerprint density at radius 3 is 2.38 bits per heavy atom. The van der Waals surface area contributed by atoms with E-state index < -0.39 is 0 Å². The van der Waals surface area contributed by atoms with Crippen molar-refractivity contribution in [1.29, 1.82) is 0 Å². The number of nitrogens with zero attached hydrogens (tertiary/aromatic N) is 1. The van der Waals surface area contributed by atoms with Crippen LogP contribution in [0.4, 0.5) is 0 Å². The van der Waals surface area contributed by atoms with Gasteiger partial charge in [0.1, 0.15) is 0 Å². The van der Waals surface area contributed by atoms with E-state index in [9.17, 15) is 4.79 Å². The van der Waals surface area contributed by atoms with Gasteiger partial charge in [-0.15, -0.1) is 0 Å². The average molecular weight is 349 g/mol. The summed E-state index contributed by atoms with van der Waals surface area (Å²) in [6, 6.07) is 18.7. The van der Waals surface area contributed by atoms with Crippen molar-refractivity contribution in [3.63, 3.8) is 0 Å². The number of amides is 1. The Morgan fingerprint density at radius 1 is 1.00 bits per heavy atom. The summed E-state index contributed by atoms with van der Waals surface area (Å²) in [4.78, 5) is 15.2. The molecule has 26 heavy (non-hydrogen) atoms. The molecule has 4 nitrogen and oxygen atoms in total. The van der Waals surface area contributed by atoms with E-state index in [-0.39, 0.29) is 5.91 Å². The van der Waals surface area contributed by atoms with Crippen molar-refractivity contribution in [1.82, 2.24) is 15.8 Å². The summed E-state index contributed by atoms with van der Waals surface area (Å²) in [6.45, 7) is 5.02. The molecule has 0 saturated carbocycles. The molecule has 2 aromatic carbocycles. The number of carbonyl (C=O) groups excluding carboxylic acids is 1. The highest BCUT2D eigenvalue weighted by Crippen LogP contribution is 2.29. The second-order valence-corrected chi connectivity index (χ2v) is 7.57. The van der Waals surface area contributed by atoms with Crippen LogP contribution in [0.2, 0.25) is 0 Å². The number of nitrogens with one attached hydrogen (secondary N) is 2. The SMILES string of the molecule is CC1CNNC1C1CCN(C(=O)c2ccccc2-c2ccccc2)CC1. The van der Waals surface area contributed by atoms with E-state index in [0.29, 0.717) is 17.9 Å². The summed E-state index contributed by atoms with van der Waals surface area (Å²) in [5.41, 5.74) is 9.64. The van der Waals surface area contributed by atoms with Gasteiger partial charge in [-0.25, -0.2) is 0 Å². The highest BCUT2D eigenvalue weighted by Gasteiger charge is 2.34. The van der Waals surface area contributed by atoms with Crippen LogP contribution in [0.25, 0.3) is 11.1 Å². The van der Waals surface area contributed by atoms with E-state index in [0.717, 1.165) is 49.2 Å². The topological polar surface area (TPSA) is 44.4 Å². The van der Waals surface area contributed by atoms with Gasteiger partial charge in [0, 0.05) is 31.2 Å². The molecule has 4 heteroatoms. The lowest BCUT2D eigenvalue weighted by Crippen LogP contribution is -2.45. The van der Waals surface area contributed by atoms with Gasteiger partial charge in [-0.3, -0.25) is 15.6 Å². The van der Waals surface area contributed by atoms with Gasteiger partial charge in [-0.05, 0) is 41.9 Å². The molecular formula is C22H27N3O. The van der Waals surface area contributed by atoms with Crippen LogP contribution in [0.15, 0.2) is 54.6 Å². The smallest absolute Gasteiger partial charge is 0.254 e. The molecule has 2 atom stereocenters. The fourth-order valence-electron chi connectivity index (χ4n) is 4.36. The molecule has 0 radical (unpaired) electrons. The number of rotatable bonds is 3.